The molecule has 1 aromatic rings. The minimum absolute atomic E-state index is 0. The Bertz CT molecular complexity index is 335. The molecule has 17 heavy (non-hydrogen) atoms. The van der Waals surface area contributed by atoms with Crippen LogP contribution in [0.25, 0.3) is 0 Å². The highest BCUT2D eigenvalue weighted by atomic mass is 35.5. The molecule has 1 saturated heterocycles. The second kappa shape index (κ2) is 8.11. The van der Waals surface area contributed by atoms with Gasteiger partial charge in [0.05, 0.1) is 5.02 Å². The fraction of sp³-hybridized carbons (Fsp3) is 0.545. The molecule has 0 spiro atoms. The largest absolute Gasteiger partial charge is 0.314 e. The lowest BCUT2D eigenvalue weighted by molar-refractivity contribution is 0.165. The van der Waals surface area contributed by atoms with Crippen LogP contribution in [0.15, 0.2) is 18.5 Å². The summed E-state index contributed by atoms with van der Waals surface area (Å²) in [6.45, 7) is 6.36. The molecule has 1 fully saturated rings. The molecule has 2 heterocycles. The third kappa shape index (κ3) is 4.60. The molecule has 0 saturated carbocycles. The van der Waals surface area contributed by atoms with E-state index in [0.717, 1.165) is 31.2 Å². The van der Waals surface area contributed by atoms with Gasteiger partial charge in [0.15, 0.2) is 0 Å². The van der Waals surface area contributed by atoms with Crippen molar-refractivity contribution in [1.82, 2.24) is 15.2 Å². The van der Waals surface area contributed by atoms with Crippen LogP contribution in [0, 0.1) is 0 Å². The summed E-state index contributed by atoms with van der Waals surface area (Å²) in [5, 5.41) is 4.14. The molecule has 6 heteroatoms. The first kappa shape index (κ1) is 16.9. The summed E-state index contributed by atoms with van der Waals surface area (Å²) in [5.74, 6) is 0. The van der Waals surface area contributed by atoms with Gasteiger partial charge in [0, 0.05) is 44.6 Å². The van der Waals surface area contributed by atoms with Crippen LogP contribution in [-0.2, 0) is 6.54 Å². The van der Waals surface area contributed by atoms with E-state index < -0.39 is 0 Å². The molecule has 0 radical (unpaired) electrons. The number of hydrogen-bond acceptors (Lipinski definition) is 3. The molecule has 1 aliphatic heterocycles. The zero-order valence-corrected chi connectivity index (χ0v) is 12.1. The lowest BCUT2D eigenvalue weighted by Crippen LogP contribution is -2.49. The predicted molar refractivity (Wildman–Crippen MR) is 76.5 cm³/mol. The van der Waals surface area contributed by atoms with Gasteiger partial charge in [-0.1, -0.05) is 11.6 Å². The summed E-state index contributed by atoms with van der Waals surface area (Å²) in [6, 6.07) is 2.57. The Labute approximate surface area is 120 Å². The number of rotatable bonds is 2. The van der Waals surface area contributed by atoms with Gasteiger partial charge in [-0.2, -0.15) is 0 Å². The molecule has 0 bridgehead atoms. The normalized spacial score (nSPS) is 20.2. The lowest BCUT2D eigenvalue weighted by Gasteiger charge is -2.34. The summed E-state index contributed by atoms with van der Waals surface area (Å²) in [6.07, 6.45) is 3.51. The second-order valence-corrected chi connectivity index (χ2v) is 4.40. The van der Waals surface area contributed by atoms with Crippen LogP contribution in [0.4, 0.5) is 0 Å². The van der Waals surface area contributed by atoms with E-state index in [1.54, 1.807) is 12.4 Å². The molecule has 0 aliphatic carbocycles. The number of nitrogens with zero attached hydrogens (tertiary/aromatic N) is 2. The van der Waals surface area contributed by atoms with Crippen LogP contribution >= 0.6 is 36.4 Å². The van der Waals surface area contributed by atoms with Crippen molar-refractivity contribution >= 4 is 36.4 Å². The van der Waals surface area contributed by atoms with Crippen LogP contribution in [0.1, 0.15) is 12.5 Å². The van der Waals surface area contributed by atoms with Crippen molar-refractivity contribution in [2.45, 2.75) is 19.5 Å². The molecule has 98 valence electrons. The van der Waals surface area contributed by atoms with Crippen LogP contribution in [0.3, 0.4) is 0 Å². The first-order chi connectivity index (χ1) is 7.27. The van der Waals surface area contributed by atoms with Crippen molar-refractivity contribution in [3.63, 3.8) is 0 Å². The average molecular weight is 299 g/mol. The standard InChI is InChI=1S/C11H16ClN3.2ClH/c1-9-6-14-4-5-15(9)8-10-2-3-13-7-11(10)12;;/h2-3,7,9,14H,4-6,8H2,1H3;2*1H. The zero-order chi connectivity index (χ0) is 10.7. The van der Waals surface area contributed by atoms with Crippen molar-refractivity contribution in [3.05, 3.63) is 29.0 Å². The minimum atomic E-state index is 0. The Morgan fingerprint density at radius 1 is 1.53 bits per heavy atom. The van der Waals surface area contributed by atoms with Gasteiger partial charge >= 0.3 is 0 Å². The van der Waals surface area contributed by atoms with Gasteiger partial charge in [-0.3, -0.25) is 9.88 Å². The highest BCUT2D eigenvalue weighted by molar-refractivity contribution is 6.31. The van der Waals surface area contributed by atoms with Gasteiger partial charge in [-0.05, 0) is 18.6 Å². The van der Waals surface area contributed by atoms with E-state index >= 15 is 0 Å². The first-order valence-electron chi connectivity index (χ1n) is 5.30. The summed E-state index contributed by atoms with van der Waals surface area (Å²) in [4.78, 5) is 6.44. The van der Waals surface area contributed by atoms with E-state index in [1.807, 2.05) is 6.07 Å². The van der Waals surface area contributed by atoms with E-state index in [4.69, 9.17) is 11.6 Å². The third-order valence-electron chi connectivity index (χ3n) is 2.87. The highest BCUT2D eigenvalue weighted by Gasteiger charge is 2.18. The monoisotopic (exact) mass is 297 g/mol. The van der Waals surface area contributed by atoms with E-state index in [9.17, 15) is 0 Å². The minimum Gasteiger partial charge on any atom is -0.314 e. The SMILES string of the molecule is CC1CNCCN1Cc1ccncc1Cl.Cl.Cl. The Kier molecular flexibility index (Phi) is 8.09. The number of halogens is 3. The fourth-order valence-corrected chi connectivity index (χ4v) is 2.05. The van der Waals surface area contributed by atoms with E-state index in [0.29, 0.717) is 6.04 Å². The Morgan fingerprint density at radius 2 is 2.29 bits per heavy atom. The van der Waals surface area contributed by atoms with Gasteiger partial charge in [0.2, 0.25) is 0 Å². The highest BCUT2D eigenvalue weighted by Crippen LogP contribution is 2.17. The third-order valence-corrected chi connectivity index (χ3v) is 3.21. The maximum atomic E-state index is 6.09. The summed E-state index contributed by atoms with van der Waals surface area (Å²) in [7, 11) is 0. The number of hydrogen-bond donors (Lipinski definition) is 1. The van der Waals surface area contributed by atoms with Gasteiger partial charge in [0.1, 0.15) is 0 Å². The summed E-state index contributed by atoms with van der Waals surface area (Å²) in [5.41, 5.74) is 1.17. The topological polar surface area (TPSA) is 28.2 Å². The molecule has 1 aliphatic rings. The average Bonchev–Trinajstić information content (AvgIpc) is 2.24. The number of nitrogens with one attached hydrogen (secondary N) is 1. The zero-order valence-electron chi connectivity index (χ0n) is 9.73. The fourth-order valence-electron chi connectivity index (χ4n) is 1.87. The van der Waals surface area contributed by atoms with Crippen molar-refractivity contribution in [1.29, 1.82) is 0 Å². The number of aromatic nitrogens is 1. The van der Waals surface area contributed by atoms with Gasteiger partial charge in [0.25, 0.3) is 0 Å². The molecule has 2 rings (SSSR count). The van der Waals surface area contributed by atoms with Gasteiger partial charge in [-0.15, -0.1) is 24.8 Å². The molecular weight excluding hydrogens is 281 g/mol. The molecule has 1 aromatic heterocycles. The van der Waals surface area contributed by atoms with Crippen LogP contribution in [0.5, 0.6) is 0 Å². The van der Waals surface area contributed by atoms with Gasteiger partial charge in [-0.25, -0.2) is 0 Å². The molecule has 1 unspecified atom stereocenters. The smallest absolute Gasteiger partial charge is 0.0634 e. The quantitative estimate of drug-likeness (QED) is 0.908. The van der Waals surface area contributed by atoms with Gasteiger partial charge < -0.3 is 5.32 Å². The maximum Gasteiger partial charge on any atom is 0.0634 e. The maximum absolute atomic E-state index is 6.09. The molecule has 3 nitrogen and oxygen atoms in total. The van der Waals surface area contributed by atoms with Crippen molar-refractivity contribution in [2.75, 3.05) is 19.6 Å². The summed E-state index contributed by atoms with van der Waals surface area (Å²) >= 11 is 6.09. The summed E-state index contributed by atoms with van der Waals surface area (Å²) < 4.78 is 0. The molecule has 0 amide bonds. The van der Waals surface area contributed by atoms with Crippen LogP contribution < -0.4 is 5.32 Å². The predicted octanol–water partition coefficient (Wildman–Crippen LogP) is 2.37. The van der Waals surface area contributed by atoms with Crippen molar-refractivity contribution in [3.8, 4) is 0 Å². The number of piperazine rings is 1. The van der Waals surface area contributed by atoms with E-state index in [2.05, 4.69) is 22.1 Å². The Hall–Kier alpha value is -0.0600. The van der Waals surface area contributed by atoms with Crippen LogP contribution in [-0.4, -0.2) is 35.6 Å². The van der Waals surface area contributed by atoms with E-state index in [1.165, 1.54) is 5.56 Å². The van der Waals surface area contributed by atoms with Crippen molar-refractivity contribution in [2.24, 2.45) is 0 Å². The number of pyridine rings is 1. The lowest BCUT2D eigenvalue weighted by atomic mass is 10.1. The molecule has 1 N–H and O–H groups in total. The molecular formula is C11H18Cl3N3. The Balaban J connectivity index is 0.00000128. The second-order valence-electron chi connectivity index (χ2n) is 3.99. The first-order valence-corrected chi connectivity index (χ1v) is 5.68. The molecule has 0 aromatic carbocycles. The van der Waals surface area contributed by atoms with Crippen molar-refractivity contribution < 1.29 is 0 Å². The Morgan fingerprint density at radius 3 is 2.94 bits per heavy atom. The van der Waals surface area contributed by atoms with Crippen LogP contribution in [0.2, 0.25) is 5.02 Å². The van der Waals surface area contributed by atoms with E-state index in [-0.39, 0.29) is 24.8 Å². The molecule has 1 atom stereocenters.